The Balaban J connectivity index is 4.50. The number of amides is 2. The number of carbonyl (C=O) groups is 4. The minimum atomic E-state index is -1.83. The summed E-state index contributed by atoms with van der Waals surface area (Å²) in [7, 11) is -1.83. The van der Waals surface area contributed by atoms with E-state index in [2.05, 4.69) is 28.2 Å². The fourth-order valence-electron chi connectivity index (χ4n) is 1.80. The predicted molar refractivity (Wildman–Crippen MR) is 93.6 cm³/mol. The van der Waals surface area contributed by atoms with E-state index in [1.165, 1.54) is 0 Å². The van der Waals surface area contributed by atoms with Gasteiger partial charge in [-0.15, -0.1) is 0 Å². The van der Waals surface area contributed by atoms with Gasteiger partial charge in [0.2, 0.25) is 11.8 Å². The van der Waals surface area contributed by atoms with Gasteiger partial charge in [0.25, 0.3) is 0 Å². The van der Waals surface area contributed by atoms with E-state index in [1.54, 1.807) is 0 Å². The monoisotopic (exact) mass is 379 g/mol. The number of nitrogens with one attached hydrogen (secondary N) is 3. The molecule has 0 fully saturated rings. The Labute approximate surface area is 147 Å². The molecule has 0 saturated carbocycles. The topological polar surface area (TPSA) is 145 Å². The molecule has 0 aliphatic carbocycles. The number of carboxylic acid groups (broad SMARTS) is 2. The number of hydrogen-bond donors (Lipinski definition) is 6. The molecule has 0 bridgehead atoms. The maximum Gasteiger partial charge on any atom is 0.322 e. The summed E-state index contributed by atoms with van der Waals surface area (Å²) in [5, 5.41) is 22.3. The van der Waals surface area contributed by atoms with Crippen molar-refractivity contribution in [2.24, 2.45) is 0 Å². The van der Waals surface area contributed by atoms with E-state index in [-0.39, 0.29) is 18.6 Å². The van der Waals surface area contributed by atoms with Crippen molar-refractivity contribution in [3.8, 4) is 0 Å². The van der Waals surface area contributed by atoms with Gasteiger partial charge in [-0.2, -0.15) is 12.6 Å². The zero-order valence-corrected chi connectivity index (χ0v) is 15.9. The second-order valence-electron chi connectivity index (χ2n) is 6.24. The van der Waals surface area contributed by atoms with Gasteiger partial charge in [0.15, 0.2) is 0 Å². The quantitative estimate of drug-likeness (QED) is 0.205. The number of hydrogen-bond acceptors (Lipinski definition) is 6. The van der Waals surface area contributed by atoms with Crippen LogP contribution in [-0.2, 0) is 19.2 Å². The highest BCUT2D eigenvalue weighted by Crippen LogP contribution is 2.04. The van der Waals surface area contributed by atoms with Crippen molar-refractivity contribution in [1.29, 1.82) is 0 Å². The maximum absolute atomic E-state index is 11.9. The first-order valence-corrected chi connectivity index (χ1v) is 11.5. The molecule has 9 nitrogen and oxygen atoms in total. The minimum Gasteiger partial charge on any atom is -0.480 e. The lowest BCUT2D eigenvalue weighted by molar-refractivity contribution is -0.139. The highest BCUT2D eigenvalue weighted by Gasteiger charge is 2.26. The van der Waals surface area contributed by atoms with Crippen LogP contribution < -0.4 is 15.6 Å². The molecule has 2 amide bonds. The lowest BCUT2D eigenvalue weighted by Gasteiger charge is -2.24. The zero-order chi connectivity index (χ0) is 18.9. The molecule has 24 heavy (non-hydrogen) atoms. The standard InChI is InChI=1S/C13H25N3O6SSi/c1-24(2,3)16-8(13(21)22)4-5-10(17)15-9(7-23)12(20)14-6-11(18)19/h8-9,16,23H,4-7H2,1-3H3,(H,14,20)(H,15,17)(H,18,19)(H,21,22)/t8-,9-/m0/s1. The molecule has 2 atom stereocenters. The third-order valence-corrected chi connectivity index (χ3v) is 4.39. The summed E-state index contributed by atoms with van der Waals surface area (Å²) in [4.78, 5) is 48.3. The highest BCUT2D eigenvalue weighted by molar-refractivity contribution is 7.80. The third-order valence-electron chi connectivity index (χ3n) is 2.81. The smallest absolute Gasteiger partial charge is 0.322 e. The summed E-state index contributed by atoms with van der Waals surface area (Å²) in [6.45, 7) is 5.30. The molecule has 0 aromatic carbocycles. The number of rotatable bonds is 11. The van der Waals surface area contributed by atoms with E-state index < -0.39 is 50.6 Å². The van der Waals surface area contributed by atoms with Crippen LogP contribution in [-0.4, -0.2) is 66.6 Å². The van der Waals surface area contributed by atoms with Crippen LogP contribution in [0.3, 0.4) is 0 Å². The maximum atomic E-state index is 11.9. The molecule has 11 heteroatoms. The van der Waals surface area contributed by atoms with Crippen molar-refractivity contribution in [2.75, 3.05) is 12.3 Å². The van der Waals surface area contributed by atoms with Crippen LogP contribution in [0.15, 0.2) is 0 Å². The molecule has 0 unspecified atom stereocenters. The summed E-state index contributed by atoms with van der Waals surface area (Å²) < 4.78 is 0. The normalized spacial score (nSPS) is 13.7. The summed E-state index contributed by atoms with van der Waals surface area (Å²) in [5.41, 5.74) is 0. The van der Waals surface area contributed by atoms with Gasteiger partial charge in [0.1, 0.15) is 26.9 Å². The first-order chi connectivity index (χ1) is 11.0. The molecular weight excluding hydrogens is 354 g/mol. The van der Waals surface area contributed by atoms with Crippen molar-refractivity contribution >= 4 is 44.6 Å². The van der Waals surface area contributed by atoms with Crippen LogP contribution in [0.5, 0.6) is 0 Å². The number of thiol groups is 1. The molecule has 0 aromatic rings. The highest BCUT2D eigenvalue weighted by atomic mass is 32.1. The van der Waals surface area contributed by atoms with Gasteiger partial charge < -0.3 is 25.8 Å². The molecule has 0 aromatic heterocycles. The van der Waals surface area contributed by atoms with E-state index in [1.807, 2.05) is 19.6 Å². The van der Waals surface area contributed by atoms with Gasteiger partial charge in [-0.3, -0.25) is 19.2 Å². The Morgan fingerprint density at radius 3 is 2.08 bits per heavy atom. The minimum absolute atomic E-state index is 0.00724. The Morgan fingerprint density at radius 1 is 1.08 bits per heavy atom. The molecule has 0 saturated heterocycles. The van der Waals surface area contributed by atoms with Crippen molar-refractivity contribution < 1.29 is 29.4 Å². The third kappa shape index (κ3) is 10.2. The van der Waals surface area contributed by atoms with Gasteiger partial charge >= 0.3 is 11.9 Å². The molecule has 0 rings (SSSR count). The van der Waals surface area contributed by atoms with Crippen molar-refractivity contribution in [1.82, 2.24) is 15.6 Å². The Bertz CT molecular complexity index is 483. The lowest BCUT2D eigenvalue weighted by Crippen LogP contribution is -2.52. The molecule has 0 spiro atoms. The van der Waals surface area contributed by atoms with Crippen molar-refractivity contribution in [3.63, 3.8) is 0 Å². The second kappa shape index (κ2) is 10.3. The van der Waals surface area contributed by atoms with Crippen LogP contribution in [0.25, 0.3) is 0 Å². The molecule has 0 heterocycles. The Hall–Kier alpha value is -1.59. The molecule has 0 aliphatic rings. The van der Waals surface area contributed by atoms with Crippen molar-refractivity contribution in [2.45, 2.75) is 44.6 Å². The van der Waals surface area contributed by atoms with Crippen molar-refractivity contribution in [3.05, 3.63) is 0 Å². The van der Waals surface area contributed by atoms with E-state index in [9.17, 15) is 24.3 Å². The fourth-order valence-corrected chi connectivity index (χ4v) is 3.37. The summed E-state index contributed by atoms with van der Waals surface area (Å²) in [6.07, 6.45) is 0.00636. The van der Waals surface area contributed by atoms with E-state index in [0.29, 0.717) is 0 Å². The first-order valence-electron chi connectivity index (χ1n) is 7.36. The Kier molecular flexibility index (Phi) is 9.62. The molecule has 5 N–H and O–H groups in total. The molecule has 0 aliphatic heterocycles. The molecular formula is C13H25N3O6SSi. The lowest BCUT2D eigenvalue weighted by atomic mass is 10.1. The van der Waals surface area contributed by atoms with Gasteiger partial charge in [0, 0.05) is 12.2 Å². The van der Waals surface area contributed by atoms with Gasteiger partial charge in [0.05, 0.1) is 0 Å². The van der Waals surface area contributed by atoms with Crippen LogP contribution >= 0.6 is 12.6 Å². The number of carbonyl (C=O) groups excluding carboxylic acids is 2. The molecule has 138 valence electrons. The number of aliphatic carboxylic acids is 2. The SMILES string of the molecule is C[Si](C)(C)N[C@@H](CCC(=O)N[C@@H](CS)C(=O)NCC(=O)O)C(=O)O. The zero-order valence-electron chi connectivity index (χ0n) is 14.0. The first kappa shape index (κ1) is 22.4. The average Bonchev–Trinajstić information content (AvgIpc) is 2.45. The predicted octanol–water partition coefficient (Wildman–Crippen LogP) is -0.740. The van der Waals surface area contributed by atoms with Crippen LogP contribution in [0.4, 0.5) is 0 Å². The van der Waals surface area contributed by atoms with Crippen LogP contribution in [0.2, 0.25) is 19.6 Å². The van der Waals surface area contributed by atoms with E-state index in [0.717, 1.165) is 0 Å². The summed E-state index contributed by atoms with van der Waals surface area (Å²) >= 11 is 3.95. The molecule has 0 radical (unpaired) electrons. The van der Waals surface area contributed by atoms with Crippen LogP contribution in [0.1, 0.15) is 12.8 Å². The summed E-state index contributed by atoms with van der Waals surface area (Å²) in [6, 6.07) is -1.81. The average molecular weight is 380 g/mol. The van der Waals surface area contributed by atoms with Gasteiger partial charge in [-0.05, 0) is 6.42 Å². The van der Waals surface area contributed by atoms with Crippen LogP contribution in [0, 0.1) is 0 Å². The fraction of sp³-hybridized carbons (Fsp3) is 0.692. The van der Waals surface area contributed by atoms with E-state index in [4.69, 9.17) is 5.11 Å². The second-order valence-corrected chi connectivity index (χ2v) is 11.4. The largest absolute Gasteiger partial charge is 0.480 e. The van der Waals surface area contributed by atoms with Gasteiger partial charge in [-0.1, -0.05) is 19.6 Å². The van der Waals surface area contributed by atoms with E-state index >= 15 is 0 Å². The number of carboxylic acids is 2. The van der Waals surface area contributed by atoms with Gasteiger partial charge in [-0.25, -0.2) is 0 Å². The Morgan fingerprint density at radius 2 is 1.67 bits per heavy atom. The summed E-state index contributed by atoms with van der Waals surface area (Å²) in [5.74, 6) is -3.39.